The summed E-state index contributed by atoms with van der Waals surface area (Å²) in [7, 11) is 1.60. The molecule has 1 atom stereocenters. The summed E-state index contributed by atoms with van der Waals surface area (Å²) in [5.41, 5.74) is 2.65. The molecule has 3 rings (SSSR count). The molecule has 0 fully saturated rings. The van der Waals surface area contributed by atoms with E-state index >= 15 is 0 Å². The molecule has 0 radical (unpaired) electrons. The number of rotatable bonds is 10. The quantitative estimate of drug-likeness (QED) is 0.402. The van der Waals surface area contributed by atoms with Crippen molar-refractivity contribution in [2.24, 2.45) is 13.0 Å². The molecule has 0 saturated carbocycles. The second-order valence-corrected chi connectivity index (χ2v) is 8.68. The zero-order chi connectivity index (χ0) is 27.1. The number of imide groups is 1. The molecule has 1 heterocycles. The molecule has 0 saturated heterocycles. The van der Waals surface area contributed by atoms with Gasteiger partial charge in [-0.1, -0.05) is 6.92 Å². The van der Waals surface area contributed by atoms with E-state index in [1.807, 2.05) is 0 Å². The Balaban J connectivity index is 1.52. The number of hydrogen-bond donors (Lipinski definition) is 2. The number of oxazole rings is 1. The Morgan fingerprint density at radius 3 is 2.14 bits per heavy atom. The number of urea groups is 1. The normalized spacial score (nSPS) is 11.6. The van der Waals surface area contributed by atoms with E-state index in [1.165, 1.54) is 9.47 Å². The minimum atomic E-state index is -0.482. The Bertz CT molecular complexity index is 1340. The van der Waals surface area contributed by atoms with Gasteiger partial charge in [0.25, 0.3) is 0 Å². The molecule has 37 heavy (non-hydrogen) atoms. The van der Waals surface area contributed by atoms with Crippen molar-refractivity contribution in [3.8, 4) is 0 Å². The van der Waals surface area contributed by atoms with Crippen LogP contribution in [0.3, 0.4) is 0 Å². The van der Waals surface area contributed by atoms with Crippen molar-refractivity contribution in [1.29, 1.82) is 0 Å². The lowest BCUT2D eigenvalue weighted by Crippen LogP contribution is -2.42. The Hall–Kier alpha value is -4.41. The van der Waals surface area contributed by atoms with E-state index in [0.717, 1.165) is 4.90 Å². The SMILES string of the molecule is CCN(C=O)C(=O)N(CC)c1ccc(NC(=O)CC(C)CC(=O)Nc2ccc3c(c2)oc(=O)n3C)cc1. The molecule has 0 aliphatic carbocycles. The lowest BCUT2D eigenvalue weighted by Gasteiger charge is -2.25. The first-order chi connectivity index (χ1) is 17.7. The van der Waals surface area contributed by atoms with Gasteiger partial charge in [-0.3, -0.25) is 28.8 Å². The van der Waals surface area contributed by atoms with Crippen LogP contribution >= 0.6 is 0 Å². The molecule has 196 valence electrons. The van der Waals surface area contributed by atoms with Gasteiger partial charge in [0.05, 0.1) is 5.52 Å². The fraction of sp³-hybridized carbons (Fsp3) is 0.346. The van der Waals surface area contributed by atoms with E-state index in [-0.39, 0.29) is 37.1 Å². The van der Waals surface area contributed by atoms with E-state index in [9.17, 15) is 24.0 Å². The summed E-state index contributed by atoms with van der Waals surface area (Å²) >= 11 is 0. The second kappa shape index (κ2) is 12.0. The summed E-state index contributed by atoms with van der Waals surface area (Å²) in [6.07, 6.45) is 0.759. The van der Waals surface area contributed by atoms with Crippen LogP contribution < -0.4 is 21.3 Å². The zero-order valence-electron chi connectivity index (χ0n) is 21.3. The Morgan fingerprint density at radius 2 is 1.57 bits per heavy atom. The number of carbonyl (C=O) groups is 4. The van der Waals surface area contributed by atoms with E-state index in [1.54, 1.807) is 70.3 Å². The van der Waals surface area contributed by atoms with Crippen molar-refractivity contribution in [1.82, 2.24) is 9.47 Å². The zero-order valence-corrected chi connectivity index (χ0v) is 21.3. The summed E-state index contributed by atoms with van der Waals surface area (Å²) in [5.74, 6) is -1.22. The highest BCUT2D eigenvalue weighted by molar-refractivity contribution is 5.98. The van der Waals surface area contributed by atoms with Gasteiger partial charge < -0.3 is 15.1 Å². The third-order valence-corrected chi connectivity index (χ3v) is 5.87. The lowest BCUT2D eigenvalue weighted by atomic mass is 10.0. The predicted molar refractivity (Wildman–Crippen MR) is 140 cm³/mol. The number of hydrogen-bond acceptors (Lipinski definition) is 6. The number of aryl methyl sites for hydroxylation is 1. The van der Waals surface area contributed by atoms with Crippen LogP contribution in [-0.4, -0.2) is 46.8 Å². The molecule has 0 spiro atoms. The van der Waals surface area contributed by atoms with E-state index < -0.39 is 11.8 Å². The molecule has 11 nitrogen and oxygen atoms in total. The van der Waals surface area contributed by atoms with Gasteiger partial charge in [0.2, 0.25) is 18.2 Å². The average molecular weight is 510 g/mol. The molecule has 1 unspecified atom stereocenters. The Kier molecular flexibility index (Phi) is 8.83. The van der Waals surface area contributed by atoms with Crippen LogP contribution in [0.2, 0.25) is 0 Å². The monoisotopic (exact) mass is 509 g/mol. The number of anilines is 3. The second-order valence-electron chi connectivity index (χ2n) is 8.68. The van der Waals surface area contributed by atoms with Crippen molar-refractivity contribution in [3.63, 3.8) is 0 Å². The van der Waals surface area contributed by atoms with Crippen LogP contribution in [0.15, 0.2) is 51.7 Å². The molecule has 2 N–H and O–H groups in total. The molecule has 1 aromatic heterocycles. The van der Waals surface area contributed by atoms with Crippen LogP contribution in [0.5, 0.6) is 0 Å². The average Bonchev–Trinajstić information content (AvgIpc) is 3.13. The fourth-order valence-electron chi connectivity index (χ4n) is 3.90. The number of benzene rings is 2. The number of fused-ring (bicyclic) bond motifs is 1. The minimum Gasteiger partial charge on any atom is -0.408 e. The third-order valence-electron chi connectivity index (χ3n) is 5.87. The van der Waals surface area contributed by atoms with Crippen molar-refractivity contribution in [3.05, 3.63) is 53.0 Å². The molecular weight excluding hydrogens is 478 g/mol. The fourth-order valence-corrected chi connectivity index (χ4v) is 3.90. The van der Waals surface area contributed by atoms with Gasteiger partial charge in [0.1, 0.15) is 0 Å². The first kappa shape index (κ1) is 27.2. The maximum atomic E-state index is 12.5. The number of carbonyl (C=O) groups excluding carboxylic acids is 4. The highest BCUT2D eigenvalue weighted by atomic mass is 16.4. The largest absolute Gasteiger partial charge is 0.419 e. The highest BCUT2D eigenvalue weighted by Gasteiger charge is 2.20. The van der Waals surface area contributed by atoms with E-state index in [4.69, 9.17) is 4.42 Å². The summed E-state index contributed by atoms with van der Waals surface area (Å²) < 4.78 is 6.52. The van der Waals surface area contributed by atoms with Crippen LogP contribution in [-0.2, 0) is 21.4 Å². The molecule has 3 aromatic rings. The Labute approximate surface area is 214 Å². The van der Waals surface area contributed by atoms with Gasteiger partial charge >= 0.3 is 11.8 Å². The van der Waals surface area contributed by atoms with Gasteiger partial charge in [-0.2, -0.15) is 0 Å². The summed E-state index contributed by atoms with van der Waals surface area (Å²) in [6, 6.07) is 11.3. The van der Waals surface area contributed by atoms with Crippen molar-refractivity contribution < 1.29 is 23.6 Å². The molecular formula is C26H31N5O6. The summed E-state index contributed by atoms with van der Waals surface area (Å²) in [5, 5.41) is 5.56. The number of nitrogens with zero attached hydrogens (tertiary/aromatic N) is 3. The standard InChI is InChI=1S/C26H31N5O6/c1-5-30(16-32)25(35)31(6-2)20-10-7-18(8-11-20)27-23(33)13-17(3)14-24(34)28-19-9-12-21-22(15-19)37-26(36)29(21)4/h7-12,15-17H,5-6,13-14H2,1-4H3,(H,27,33)(H,28,34). The van der Waals surface area contributed by atoms with Crippen LogP contribution in [0.4, 0.5) is 21.9 Å². The van der Waals surface area contributed by atoms with Crippen molar-refractivity contribution >= 4 is 52.4 Å². The first-order valence-electron chi connectivity index (χ1n) is 12.0. The smallest absolute Gasteiger partial charge is 0.408 e. The van der Waals surface area contributed by atoms with Gasteiger partial charge in [-0.05, 0) is 56.2 Å². The molecule has 0 bridgehead atoms. The predicted octanol–water partition coefficient (Wildman–Crippen LogP) is 3.55. The van der Waals surface area contributed by atoms with Crippen molar-refractivity contribution in [2.75, 3.05) is 28.6 Å². The summed E-state index contributed by atoms with van der Waals surface area (Å²) in [4.78, 5) is 62.7. The van der Waals surface area contributed by atoms with Gasteiger partial charge in [-0.15, -0.1) is 0 Å². The highest BCUT2D eigenvalue weighted by Crippen LogP contribution is 2.21. The topological polar surface area (TPSA) is 134 Å². The van der Waals surface area contributed by atoms with E-state index in [2.05, 4.69) is 10.6 Å². The summed E-state index contributed by atoms with van der Waals surface area (Å²) in [6.45, 7) is 5.97. The van der Waals surface area contributed by atoms with Crippen LogP contribution in [0, 0.1) is 5.92 Å². The number of aromatic nitrogens is 1. The van der Waals surface area contributed by atoms with E-state index in [0.29, 0.717) is 41.1 Å². The molecule has 0 aliphatic heterocycles. The number of amides is 5. The van der Waals surface area contributed by atoms with Gasteiger partial charge in [0, 0.05) is 56.1 Å². The maximum Gasteiger partial charge on any atom is 0.419 e. The maximum absolute atomic E-state index is 12.5. The van der Waals surface area contributed by atoms with Gasteiger partial charge in [-0.25, -0.2) is 9.59 Å². The third kappa shape index (κ3) is 6.63. The van der Waals surface area contributed by atoms with Crippen LogP contribution in [0.1, 0.15) is 33.6 Å². The minimum absolute atomic E-state index is 0.126. The van der Waals surface area contributed by atoms with Crippen molar-refractivity contribution in [2.45, 2.75) is 33.6 Å². The first-order valence-corrected chi connectivity index (χ1v) is 12.0. The van der Waals surface area contributed by atoms with Gasteiger partial charge in [0.15, 0.2) is 5.58 Å². The molecule has 2 aromatic carbocycles. The van der Waals surface area contributed by atoms with Crippen LogP contribution in [0.25, 0.3) is 11.1 Å². The molecule has 5 amide bonds. The molecule has 0 aliphatic rings. The number of nitrogens with one attached hydrogen (secondary N) is 2. The Morgan fingerprint density at radius 1 is 0.973 bits per heavy atom. The molecule has 11 heteroatoms. The lowest BCUT2D eigenvalue weighted by molar-refractivity contribution is -0.119.